The highest BCUT2D eigenvalue weighted by Crippen LogP contribution is 2.44. The Morgan fingerprint density at radius 1 is 1.17 bits per heavy atom. The van der Waals surface area contributed by atoms with Gasteiger partial charge in [-0.2, -0.15) is 0 Å². The third-order valence-electron chi connectivity index (χ3n) is 6.87. The van der Waals surface area contributed by atoms with E-state index in [0.717, 1.165) is 34.0 Å². The van der Waals surface area contributed by atoms with Crippen molar-refractivity contribution in [1.82, 2.24) is 14.6 Å². The second-order valence-electron chi connectivity index (χ2n) is 9.37. The van der Waals surface area contributed by atoms with Crippen molar-refractivity contribution >= 4 is 21.7 Å². The molecule has 0 fully saturated rings. The topological polar surface area (TPSA) is 115 Å². The smallest absolute Gasteiger partial charge is 0.265 e. The van der Waals surface area contributed by atoms with Gasteiger partial charge in [-0.15, -0.1) is 0 Å². The van der Waals surface area contributed by atoms with Gasteiger partial charge in [0.2, 0.25) is 0 Å². The van der Waals surface area contributed by atoms with E-state index in [4.69, 9.17) is 10.5 Å². The molecule has 0 radical (unpaired) electrons. The van der Waals surface area contributed by atoms with Gasteiger partial charge in [0, 0.05) is 24.8 Å². The predicted molar refractivity (Wildman–Crippen MR) is 139 cm³/mol. The monoisotopic (exact) mass is 508 g/mol. The summed E-state index contributed by atoms with van der Waals surface area (Å²) in [7, 11) is -4.17. The number of hydrogen-bond acceptors (Lipinski definition) is 7. The third kappa shape index (κ3) is 4.56. The molecule has 0 aliphatic carbocycles. The molecule has 0 saturated heterocycles. The molecule has 4 rings (SSSR count). The number of amides is 1. The first-order chi connectivity index (χ1) is 17.0. The number of anilines is 1. The van der Waals surface area contributed by atoms with Crippen LogP contribution in [0, 0.1) is 20.8 Å². The zero-order valence-corrected chi connectivity index (χ0v) is 22.1. The second-order valence-corrected chi connectivity index (χ2v) is 11.1. The maximum atomic E-state index is 13.9. The highest BCUT2D eigenvalue weighted by molar-refractivity contribution is 7.90. The lowest BCUT2D eigenvalue weighted by atomic mass is 9.89. The second kappa shape index (κ2) is 9.55. The zero-order chi connectivity index (χ0) is 26.3. The van der Waals surface area contributed by atoms with Crippen LogP contribution in [0.3, 0.4) is 0 Å². The summed E-state index contributed by atoms with van der Waals surface area (Å²) in [6.45, 7) is 11.2. The highest BCUT2D eigenvalue weighted by atomic mass is 32.2. The SMILES string of the molecule is CCOc1cccc2c1CN(Cc1c(C)cc(C)cc1C)C2(C)C(=O)NS(=O)(=O)c1ccc(N)nc1. The number of sulfonamides is 1. The van der Waals surface area contributed by atoms with E-state index < -0.39 is 21.5 Å². The molecule has 3 N–H and O–H groups in total. The van der Waals surface area contributed by atoms with E-state index in [9.17, 15) is 13.2 Å². The zero-order valence-electron chi connectivity index (χ0n) is 21.3. The van der Waals surface area contributed by atoms with Crippen LogP contribution in [0.2, 0.25) is 0 Å². The lowest BCUT2D eigenvalue weighted by Gasteiger charge is -2.35. The molecular formula is C27H32N4O4S. The van der Waals surface area contributed by atoms with E-state index in [1.807, 2.05) is 30.0 Å². The Balaban J connectivity index is 1.78. The third-order valence-corrected chi connectivity index (χ3v) is 8.18. The van der Waals surface area contributed by atoms with Crippen LogP contribution >= 0.6 is 0 Å². The number of nitrogens with one attached hydrogen (secondary N) is 1. The number of carbonyl (C=O) groups excluding carboxylic acids is 1. The summed E-state index contributed by atoms with van der Waals surface area (Å²) in [6, 6.07) is 12.5. The summed E-state index contributed by atoms with van der Waals surface area (Å²) in [5, 5.41) is 0. The van der Waals surface area contributed by atoms with E-state index >= 15 is 0 Å². The number of nitrogen functional groups attached to an aromatic ring is 1. The predicted octanol–water partition coefficient (Wildman–Crippen LogP) is 3.72. The Kier molecular flexibility index (Phi) is 6.81. The van der Waals surface area contributed by atoms with Gasteiger partial charge >= 0.3 is 0 Å². The number of ether oxygens (including phenoxy) is 1. The molecule has 2 aromatic carbocycles. The summed E-state index contributed by atoms with van der Waals surface area (Å²) in [5.74, 6) is 0.240. The fourth-order valence-electron chi connectivity index (χ4n) is 4.96. The van der Waals surface area contributed by atoms with E-state index in [1.54, 1.807) is 6.92 Å². The first kappa shape index (κ1) is 25.7. The minimum atomic E-state index is -4.17. The maximum absolute atomic E-state index is 13.9. The molecule has 1 aromatic heterocycles. The van der Waals surface area contributed by atoms with Crippen molar-refractivity contribution in [1.29, 1.82) is 0 Å². The molecule has 8 nitrogen and oxygen atoms in total. The van der Waals surface area contributed by atoms with Gasteiger partial charge in [0.1, 0.15) is 22.0 Å². The normalized spacial score (nSPS) is 17.6. The van der Waals surface area contributed by atoms with E-state index in [0.29, 0.717) is 25.4 Å². The van der Waals surface area contributed by atoms with Gasteiger partial charge in [0.25, 0.3) is 15.9 Å². The number of pyridine rings is 1. The van der Waals surface area contributed by atoms with Crippen LogP contribution in [0.25, 0.3) is 0 Å². The van der Waals surface area contributed by atoms with Crippen molar-refractivity contribution in [2.24, 2.45) is 0 Å². The Labute approximate surface area is 212 Å². The number of benzene rings is 2. The number of aryl methyl sites for hydroxylation is 3. The first-order valence-electron chi connectivity index (χ1n) is 11.8. The minimum absolute atomic E-state index is 0.133. The van der Waals surface area contributed by atoms with Crippen LogP contribution in [0.15, 0.2) is 53.6 Å². The standard InChI is InChI=1S/C27H32N4O4S/c1-6-35-24-9-7-8-23-22(24)16-31(15-21-18(3)12-17(2)13-19(21)4)27(23,5)26(32)30-36(33,34)20-10-11-25(28)29-14-20/h7-14H,6,15-16H2,1-5H3,(H2,28,29)(H,30,32). The molecule has 9 heteroatoms. The number of nitrogens with zero attached hydrogens (tertiary/aromatic N) is 2. The summed E-state index contributed by atoms with van der Waals surface area (Å²) < 4.78 is 34.3. The van der Waals surface area contributed by atoms with Crippen LogP contribution in [-0.2, 0) is 33.4 Å². The highest BCUT2D eigenvalue weighted by Gasteiger charge is 2.49. The molecule has 36 heavy (non-hydrogen) atoms. The lowest BCUT2D eigenvalue weighted by Crippen LogP contribution is -2.52. The summed E-state index contributed by atoms with van der Waals surface area (Å²) in [4.78, 5) is 19.6. The number of nitrogens with two attached hydrogens (primary N) is 1. The van der Waals surface area contributed by atoms with Crippen LogP contribution in [-0.4, -0.2) is 30.8 Å². The van der Waals surface area contributed by atoms with Crippen LogP contribution in [0.4, 0.5) is 5.82 Å². The minimum Gasteiger partial charge on any atom is -0.494 e. The fraction of sp³-hybridized carbons (Fsp3) is 0.333. The molecule has 0 saturated carbocycles. The van der Waals surface area contributed by atoms with Crippen molar-refractivity contribution in [3.63, 3.8) is 0 Å². The average molecular weight is 509 g/mol. The van der Waals surface area contributed by atoms with Crippen molar-refractivity contribution in [2.75, 3.05) is 12.3 Å². The molecular weight excluding hydrogens is 476 g/mol. The molecule has 3 aromatic rings. The molecule has 1 unspecified atom stereocenters. The van der Waals surface area contributed by atoms with Crippen molar-refractivity contribution in [3.8, 4) is 5.75 Å². The van der Waals surface area contributed by atoms with Gasteiger partial charge in [-0.05, 0) is 75.1 Å². The van der Waals surface area contributed by atoms with Crippen molar-refractivity contribution < 1.29 is 17.9 Å². The van der Waals surface area contributed by atoms with Crippen molar-refractivity contribution in [3.05, 3.63) is 82.0 Å². The molecule has 0 spiro atoms. The Bertz CT molecular complexity index is 1400. The quantitative estimate of drug-likeness (QED) is 0.500. The van der Waals surface area contributed by atoms with E-state index in [2.05, 4.69) is 42.6 Å². The summed E-state index contributed by atoms with van der Waals surface area (Å²) in [5.41, 5.74) is 10.5. The number of rotatable bonds is 7. The molecule has 0 bridgehead atoms. The van der Waals surface area contributed by atoms with Crippen molar-refractivity contribution in [2.45, 2.75) is 58.1 Å². The molecule has 1 atom stereocenters. The summed E-state index contributed by atoms with van der Waals surface area (Å²) in [6.07, 6.45) is 1.14. The van der Waals surface area contributed by atoms with Crippen LogP contribution < -0.4 is 15.2 Å². The molecule has 1 aliphatic heterocycles. The van der Waals surface area contributed by atoms with Gasteiger partial charge in [0.05, 0.1) is 6.61 Å². The maximum Gasteiger partial charge on any atom is 0.265 e. The molecule has 190 valence electrons. The van der Waals surface area contributed by atoms with Crippen LogP contribution in [0.1, 0.15) is 47.2 Å². The van der Waals surface area contributed by atoms with Gasteiger partial charge in [-0.25, -0.2) is 18.1 Å². The number of aromatic nitrogens is 1. The van der Waals surface area contributed by atoms with Gasteiger partial charge < -0.3 is 10.5 Å². The van der Waals surface area contributed by atoms with Gasteiger partial charge in [-0.3, -0.25) is 9.69 Å². The van der Waals surface area contributed by atoms with E-state index in [1.165, 1.54) is 17.7 Å². The first-order valence-corrected chi connectivity index (χ1v) is 13.3. The van der Waals surface area contributed by atoms with Gasteiger partial charge in [0.15, 0.2) is 0 Å². The van der Waals surface area contributed by atoms with Crippen LogP contribution in [0.5, 0.6) is 5.75 Å². The average Bonchev–Trinajstić information content (AvgIpc) is 3.10. The molecule has 2 heterocycles. The fourth-order valence-corrected chi connectivity index (χ4v) is 5.96. The Morgan fingerprint density at radius 3 is 2.47 bits per heavy atom. The number of hydrogen-bond donors (Lipinski definition) is 2. The molecule has 1 aliphatic rings. The Hall–Kier alpha value is -3.43. The number of fused-ring (bicyclic) bond motifs is 1. The Morgan fingerprint density at radius 2 is 1.86 bits per heavy atom. The molecule has 1 amide bonds. The van der Waals surface area contributed by atoms with Gasteiger partial charge in [-0.1, -0.05) is 29.8 Å². The number of carbonyl (C=O) groups is 1. The lowest BCUT2D eigenvalue weighted by molar-refractivity contribution is -0.131. The largest absolute Gasteiger partial charge is 0.494 e. The summed E-state index contributed by atoms with van der Waals surface area (Å²) >= 11 is 0. The van der Waals surface area contributed by atoms with E-state index in [-0.39, 0.29) is 10.7 Å².